The first-order chi connectivity index (χ1) is 8.66. The Morgan fingerprint density at radius 1 is 1.17 bits per heavy atom. The number of piperidine rings is 1. The third kappa shape index (κ3) is 3.52. The van der Waals surface area contributed by atoms with Crippen LogP contribution in [-0.4, -0.2) is 29.1 Å². The lowest BCUT2D eigenvalue weighted by atomic mass is 10.1. The highest BCUT2D eigenvalue weighted by atomic mass is 32.2. The van der Waals surface area contributed by atoms with E-state index in [9.17, 15) is 4.79 Å². The van der Waals surface area contributed by atoms with Crippen LogP contribution in [0.2, 0.25) is 0 Å². The Morgan fingerprint density at radius 3 is 2.39 bits per heavy atom. The van der Waals surface area contributed by atoms with Gasteiger partial charge in [0.1, 0.15) is 0 Å². The molecule has 1 fully saturated rings. The summed E-state index contributed by atoms with van der Waals surface area (Å²) in [6.45, 7) is 5.98. The lowest BCUT2D eigenvalue weighted by molar-refractivity contribution is -0.131. The number of carbonyl (C=O) groups is 1. The zero-order valence-electron chi connectivity index (χ0n) is 11.2. The molecule has 0 saturated carbocycles. The van der Waals surface area contributed by atoms with Crippen LogP contribution in [0.4, 0.5) is 0 Å². The molecule has 1 atom stereocenters. The van der Waals surface area contributed by atoms with Gasteiger partial charge >= 0.3 is 0 Å². The molecule has 1 heterocycles. The fourth-order valence-electron chi connectivity index (χ4n) is 2.24. The van der Waals surface area contributed by atoms with E-state index >= 15 is 0 Å². The highest BCUT2D eigenvalue weighted by molar-refractivity contribution is 8.00. The van der Waals surface area contributed by atoms with Gasteiger partial charge in [-0.2, -0.15) is 0 Å². The van der Waals surface area contributed by atoms with Crippen LogP contribution in [0.1, 0.15) is 31.7 Å². The van der Waals surface area contributed by atoms with Crippen LogP contribution < -0.4 is 0 Å². The first kappa shape index (κ1) is 13.5. The van der Waals surface area contributed by atoms with Crippen molar-refractivity contribution in [1.29, 1.82) is 0 Å². The number of thioether (sulfide) groups is 1. The molecule has 1 saturated heterocycles. The molecule has 1 amide bonds. The van der Waals surface area contributed by atoms with Gasteiger partial charge in [0.15, 0.2) is 0 Å². The van der Waals surface area contributed by atoms with Crippen LogP contribution in [0.5, 0.6) is 0 Å². The molecule has 0 spiro atoms. The van der Waals surface area contributed by atoms with Crippen LogP contribution in [0.15, 0.2) is 29.2 Å². The van der Waals surface area contributed by atoms with Crippen molar-refractivity contribution in [1.82, 2.24) is 4.90 Å². The third-order valence-electron chi connectivity index (χ3n) is 3.35. The molecule has 18 heavy (non-hydrogen) atoms. The van der Waals surface area contributed by atoms with E-state index in [0.717, 1.165) is 25.9 Å². The minimum atomic E-state index is 0.0193. The zero-order valence-corrected chi connectivity index (χ0v) is 12.0. The lowest BCUT2D eigenvalue weighted by Gasteiger charge is -2.29. The van der Waals surface area contributed by atoms with Crippen molar-refractivity contribution >= 4 is 17.7 Å². The molecule has 2 rings (SSSR count). The molecule has 1 aliphatic rings. The quantitative estimate of drug-likeness (QED) is 0.778. The average molecular weight is 263 g/mol. The number of hydrogen-bond donors (Lipinski definition) is 0. The number of carbonyl (C=O) groups excluding carboxylic acids is 1. The summed E-state index contributed by atoms with van der Waals surface area (Å²) in [5.41, 5.74) is 1.26. The summed E-state index contributed by atoms with van der Waals surface area (Å²) in [6, 6.07) is 8.39. The molecule has 0 aromatic heterocycles. The SMILES string of the molecule is Cc1ccc(S[C@H](C)C(=O)N2CCCCC2)cc1. The second kappa shape index (κ2) is 6.28. The Kier molecular flexibility index (Phi) is 4.70. The standard InChI is InChI=1S/C15H21NOS/c1-12-6-8-14(9-7-12)18-13(2)15(17)16-10-4-3-5-11-16/h6-9,13H,3-5,10-11H2,1-2H3/t13-/m1/s1. The fraction of sp³-hybridized carbons (Fsp3) is 0.533. The number of benzene rings is 1. The zero-order chi connectivity index (χ0) is 13.0. The molecule has 1 aromatic carbocycles. The van der Waals surface area contributed by atoms with E-state index in [1.165, 1.54) is 16.9 Å². The molecule has 0 aliphatic carbocycles. The van der Waals surface area contributed by atoms with E-state index < -0.39 is 0 Å². The molecule has 3 heteroatoms. The first-order valence-electron chi connectivity index (χ1n) is 6.69. The number of likely N-dealkylation sites (tertiary alicyclic amines) is 1. The number of aryl methyl sites for hydroxylation is 1. The maximum atomic E-state index is 12.3. The van der Waals surface area contributed by atoms with Gasteiger partial charge in [-0.1, -0.05) is 17.7 Å². The van der Waals surface area contributed by atoms with Crippen molar-refractivity contribution in [2.24, 2.45) is 0 Å². The summed E-state index contributed by atoms with van der Waals surface area (Å²) in [5.74, 6) is 0.292. The van der Waals surface area contributed by atoms with E-state index in [1.54, 1.807) is 11.8 Å². The Balaban J connectivity index is 1.92. The van der Waals surface area contributed by atoms with E-state index in [-0.39, 0.29) is 5.25 Å². The number of amides is 1. The molecule has 1 aliphatic heterocycles. The number of hydrogen-bond acceptors (Lipinski definition) is 2. The van der Waals surface area contributed by atoms with Gasteiger partial charge in [0, 0.05) is 18.0 Å². The van der Waals surface area contributed by atoms with Gasteiger partial charge in [0.2, 0.25) is 5.91 Å². The van der Waals surface area contributed by atoms with Gasteiger partial charge in [-0.3, -0.25) is 4.79 Å². The molecule has 2 nitrogen and oxygen atoms in total. The molecule has 0 unspecified atom stereocenters. The smallest absolute Gasteiger partial charge is 0.235 e. The molecule has 0 bridgehead atoms. The van der Waals surface area contributed by atoms with Gasteiger partial charge in [0.05, 0.1) is 5.25 Å². The summed E-state index contributed by atoms with van der Waals surface area (Å²) in [4.78, 5) is 15.5. The molecule has 0 radical (unpaired) electrons. The monoisotopic (exact) mass is 263 g/mol. The Hall–Kier alpha value is -0.960. The van der Waals surface area contributed by atoms with Gasteiger partial charge < -0.3 is 4.90 Å². The molecule has 0 N–H and O–H groups in total. The summed E-state index contributed by atoms with van der Waals surface area (Å²) in [6.07, 6.45) is 3.59. The Labute approximate surface area is 114 Å². The van der Waals surface area contributed by atoms with Crippen molar-refractivity contribution in [3.05, 3.63) is 29.8 Å². The summed E-state index contributed by atoms with van der Waals surface area (Å²) >= 11 is 1.66. The van der Waals surface area contributed by atoms with E-state index in [0.29, 0.717) is 5.91 Å². The topological polar surface area (TPSA) is 20.3 Å². The minimum Gasteiger partial charge on any atom is -0.342 e. The van der Waals surface area contributed by atoms with Gasteiger partial charge in [-0.15, -0.1) is 11.8 Å². The first-order valence-corrected chi connectivity index (χ1v) is 7.57. The van der Waals surface area contributed by atoms with Crippen LogP contribution in [-0.2, 0) is 4.79 Å². The van der Waals surface area contributed by atoms with Gasteiger partial charge in [0.25, 0.3) is 0 Å². The van der Waals surface area contributed by atoms with E-state index in [1.807, 2.05) is 11.8 Å². The summed E-state index contributed by atoms with van der Waals surface area (Å²) in [5, 5.41) is 0.0193. The number of rotatable bonds is 3. The van der Waals surface area contributed by atoms with Gasteiger partial charge in [-0.25, -0.2) is 0 Å². The van der Waals surface area contributed by atoms with Crippen molar-refractivity contribution < 1.29 is 4.79 Å². The van der Waals surface area contributed by atoms with Crippen LogP contribution in [0.25, 0.3) is 0 Å². The van der Waals surface area contributed by atoms with Crippen LogP contribution in [0, 0.1) is 6.92 Å². The van der Waals surface area contributed by atoms with Crippen molar-refractivity contribution in [2.45, 2.75) is 43.3 Å². The predicted molar refractivity (Wildman–Crippen MR) is 76.9 cm³/mol. The molecule has 1 aromatic rings. The highest BCUT2D eigenvalue weighted by Crippen LogP contribution is 2.25. The van der Waals surface area contributed by atoms with Crippen molar-refractivity contribution in [3.8, 4) is 0 Å². The summed E-state index contributed by atoms with van der Waals surface area (Å²) < 4.78 is 0. The maximum absolute atomic E-state index is 12.3. The molecular formula is C15H21NOS. The van der Waals surface area contributed by atoms with E-state index in [2.05, 4.69) is 31.2 Å². The maximum Gasteiger partial charge on any atom is 0.235 e. The van der Waals surface area contributed by atoms with Gasteiger partial charge in [-0.05, 0) is 45.2 Å². The Bertz CT molecular complexity index is 395. The fourth-order valence-corrected chi connectivity index (χ4v) is 3.19. The molecule has 98 valence electrons. The largest absolute Gasteiger partial charge is 0.342 e. The van der Waals surface area contributed by atoms with Crippen LogP contribution in [0.3, 0.4) is 0 Å². The highest BCUT2D eigenvalue weighted by Gasteiger charge is 2.22. The van der Waals surface area contributed by atoms with E-state index in [4.69, 9.17) is 0 Å². The third-order valence-corrected chi connectivity index (χ3v) is 4.45. The van der Waals surface area contributed by atoms with Crippen molar-refractivity contribution in [2.75, 3.05) is 13.1 Å². The second-order valence-electron chi connectivity index (χ2n) is 4.96. The predicted octanol–water partition coefficient (Wildman–Crippen LogP) is 3.49. The lowest BCUT2D eigenvalue weighted by Crippen LogP contribution is -2.40. The van der Waals surface area contributed by atoms with Crippen molar-refractivity contribution in [3.63, 3.8) is 0 Å². The number of nitrogens with zero attached hydrogens (tertiary/aromatic N) is 1. The average Bonchev–Trinajstić information content (AvgIpc) is 2.41. The molecular weight excluding hydrogens is 242 g/mol. The minimum absolute atomic E-state index is 0.0193. The second-order valence-corrected chi connectivity index (χ2v) is 6.37. The Morgan fingerprint density at radius 2 is 1.78 bits per heavy atom. The summed E-state index contributed by atoms with van der Waals surface area (Å²) in [7, 11) is 0. The normalized spacial score (nSPS) is 17.6. The van der Waals surface area contributed by atoms with Crippen LogP contribution >= 0.6 is 11.8 Å².